The van der Waals surface area contributed by atoms with Crippen LogP contribution < -0.4 is 5.32 Å². The summed E-state index contributed by atoms with van der Waals surface area (Å²) >= 11 is 0. The van der Waals surface area contributed by atoms with Crippen LogP contribution in [0.1, 0.15) is 22.6 Å². The molecule has 0 fully saturated rings. The Morgan fingerprint density at radius 1 is 0.935 bits per heavy atom. The zero-order chi connectivity index (χ0) is 21.8. The molecule has 1 aliphatic carbocycles. The lowest BCUT2D eigenvalue weighted by molar-refractivity contribution is -0.143. The molecule has 0 spiro atoms. The zero-order valence-electron chi connectivity index (χ0n) is 17.1. The van der Waals surface area contributed by atoms with Crippen molar-refractivity contribution >= 4 is 12.1 Å². The number of carbonyl (C=O) groups excluding carboxylic acids is 2. The summed E-state index contributed by atoms with van der Waals surface area (Å²) in [5, 5.41) is 12.0. The maximum Gasteiger partial charge on any atom is 0.407 e. The van der Waals surface area contributed by atoms with E-state index in [1.54, 1.807) is 12.1 Å². The van der Waals surface area contributed by atoms with Gasteiger partial charge in [-0.1, -0.05) is 60.7 Å². The molecule has 0 saturated heterocycles. The molecule has 0 aromatic heterocycles. The maximum absolute atomic E-state index is 12.5. The Bertz CT molecular complexity index is 1050. The van der Waals surface area contributed by atoms with Gasteiger partial charge in [-0.2, -0.15) is 0 Å². The van der Waals surface area contributed by atoms with Crippen LogP contribution in [0, 0.1) is 0 Å². The molecule has 6 heteroatoms. The number of ether oxygens (including phenoxy) is 2. The summed E-state index contributed by atoms with van der Waals surface area (Å²) in [7, 11) is 1.27. The third kappa shape index (κ3) is 4.38. The molecule has 3 aromatic rings. The Hall–Kier alpha value is -3.80. The monoisotopic (exact) mass is 417 g/mol. The third-order valence-corrected chi connectivity index (χ3v) is 5.50. The minimum Gasteiger partial charge on any atom is -0.508 e. The molecule has 0 unspecified atom stereocenters. The molecule has 0 heterocycles. The molecule has 31 heavy (non-hydrogen) atoms. The van der Waals surface area contributed by atoms with Crippen molar-refractivity contribution in [3.63, 3.8) is 0 Å². The molecule has 0 bridgehead atoms. The van der Waals surface area contributed by atoms with Crippen molar-refractivity contribution in [2.24, 2.45) is 0 Å². The average Bonchev–Trinajstić information content (AvgIpc) is 3.12. The van der Waals surface area contributed by atoms with Crippen molar-refractivity contribution in [1.29, 1.82) is 0 Å². The van der Waals surface area contributed by atoms with E-state index in [1.165, 1.54) is 19.2 Å². The normalized spacial score (nSPS) is 13.1. The Balaban J connectivity index is 1.44. The largest absolute Gasteiger partial charge is 0.508 e. The smallest absolute Gasteiger partial charge is 0.407 e. The number of hydrogen-bond acceptors (Lipinski definition) is 5. The molecule has 0 saturated carbocycles. The summed E-state index contributed by atoms with van der Waals surface area (Å²) in [5.74, 6) is -0.503. The Labute approximate surface area is 180 Å². The first-order valence-corrected chi connectivity index (χ1v) is 10.0. The number of carbonyl (C=O) groups is 2. The number of amides is 1. The molecule has 4 rings (SSSR count). The molecule has 1 amide bonds. The molecule has 2 N–H and O–H groups in total. The predicted molar refractivity (Wildman–Crippen MR) is 116 cm³/mol. The summed E-state index contributed by atoms with van der Waals surface area (Å²) in [6, 6.07) is 21.7. The number of phenols is 1. The molecule has 1 aliphatic rings. The molecule has 3 aromatic carbocycles. The van der Waals surface area contributed by atoms with E-state index in [0.29, 0.717) is 0 Å². The second-order valence-corrected chi connectivity index (χ2v) is 7.42. The van der Waals surface area contributed by atoms with Gasteiger partial charge in [0.25, 0.3) is 0 Å². The summed E-state index contributed by atoms with van der Waals surface area (Å²) in [4.78, 5) is 24.7. The lowest BCUT2D eigenvalue weighted by Gasteiger charge is -2.18. The van der Waals surface area contributed by atoms with Crippen LogP contribution in [-0.4, -0.2) is 36.9 Å². The SMILES string of the molecule is COC(=O)[C@@H](Cc1ccc(O)cc1)NC(=O)OCC1c2ccccc2-c2ccccc21. The Morgan fingerprint density at radius 3 is 2.10 bits per heavy atom. The minimum absolute atomic E-state index is 0.0631. The molecule has 158 valence electrons. The number of rotatable bonds is 6. The van der Waals surface area contributed by atoms with Crippen molar-refractivity contribution in [3.05, 3.63) is 89.5 Å². The fourth-order valence-corrected chi connectivity index (χ4v) is 3.99. The number of benzene rings is 3. The van der Waals surface area contributed by atoms with Gasteiger partial charge in [0.15, 0.2) is 0 Å². The third-order valence-electron chi connectivity index (χ3n) is 5.50. The highest BCUT2D eigenvalue weighted by Gasteiger charge is 2.30. The van der Waals surface area contributed by atoms with Crippen molar-refractivity contribution in [3.8, 4) is 16.9 Å². The Morgan fingerprint density at radius 2 is 1.52 bits per heavy atom. The van der Waals surface area contributed by atoms with Crippen LogP contribution in [0.15, 0.2) is 72.8 Å². The van der Waals surface area contributed by atoms with Crippen molar-refractivity contribution < 1.29 is 24.2 Å². The molecule has 1 atom stereocenters. The van der Waals surface area contributed by atoms with Gasteiger partial charge in [0.2, 0.25) is 0 Å². The molecule has 0 aliphatic heterocycles. The first-order chi connectivity index (χ1) is 15.1. The number of phenolic OH excluding ortho intramolecular Hbond substituents is 1. The molecular formula is C25H23NO5. The van der Waals surface area contributed by atoms with E-state index < -0.39 is 18.1 Å². The number of nitrogens with one attached hydrogen (secondary N) is 1. The topological polar surface area (TPSA) is 84.9 Å². The second kappa shape index (κ2) is 8.92. The average molecular weight is 417 g/mol. The van der Waals surface area contributed by atoms with Crippen molar-refractivity contribution in [2.45, 2.75) is 18.4 Å². The lowest BCUT2D eigenvalue weighted by atomic mass is 9.98. The van der Waals surface area contributed by atoms with E-state index in [1.807, 2.05) is 36.4 Å². The van der Waals surface area contributed by atoms with Crippen LogP contribution in [0.5, 0.6) is 5.75 Å². The fourth-order valence-electron chi connectivity index (χ4n) is 3.99. The number of methoxy groups -OCH3 is 1. The van der Waals surface area contributed by atoms with E-state index in [2.05, 4.69) is 17.4 Å². The number of esters is 1. The second-order valence-electron chi connectivity index (χ2n) is 7.42. The first kappa shape index (κ1) is 20.5. The fraction of sp³-hybridized carbons (Fsp3) is 0.200. The van der Waals surface area contributed by atoms with E-state index >= 15 is 0 Å². The number of hydrogen-bond donors (Lipinski definition) is 2. The van der Waals surface area contributed by atoms with E-state index in [9.17, 15) is 14.7 Å². The van der Waals surface area contributed by atoms with Crippen LogP contribution in [0.25, 0.3) is 11.1 Å². The quantitative estimate of drug-likeness (QED) is 0.592. The van der Waals surface area contributed by atoms with Crippen LogP contribution in [0.2, 0.25) is 0 Å². The molecule has 6 nitrogen and oxygen atoms in total. The minimum atomic E-state index is -0.898. The van der Waals surface area contributed by atoms with Crippen LogP contribution in [-0.2, 0) is 20.7 Å². The van der Waals surface area contributed by atoms with Crippen LogP contribution in [0.4, 0.5) is 4.79 Å². The van der Waals surface area contributed by atoms with Gasteiger partial charge in [-0.25, -0.2) is 9.59 Å². The summed E-state index contributed by atoms with van der Waals surface area (Å²) in [6.45, 7) is 0.160. The lowest BCUT2D eigenvalue weighted by Crippen LogP contribution is -2.43. The van der Waals surface area contributed by atoms with Gasteiger partial charge in [0, 0.05) is 12.3 Å². The van der Waals surface area contributed by atoms with E-state index in [-0.39, 0.29) is 24.7 Å². The molecular weight excluding hydrogens is 394 g/mol. The standard InChI is InChI=1S/C25H23NO5/c1-30-24(28)23(14-16-10-12-17(27)13-11-16)26-25(29)31-15-22-20-8-4-2-6-18(20)19-7-3-5-9-21(19)22/h2-13,22-23,27H,14-15H2,1H3,(H,26,29)/t23-/m1/s1. The van der Waals surface area contributed by atoms with Gasteiger partial charge in [0.05, 0.1) is 7.11 Å². The number of aromatic hydroxyl groups is 1. The maximum atomic E-state index is 12.5. The summed E-state index contributed by atoms with van der Waals surface area (Å²) in [6.07, 6.45) is -0.465. The van der Waals surface area contributed by atoms with Crippen molar-refractivity contribution in [1.82, 2.24) is 5.32 Å². The van der Waals surface area contributed by atoms with Gasteiger partial charge in [0.1, 0.15) is 18.4 Å². The van der Waals surface area contributed by atoms with E-state index in [0.717, 1.165) is 27.8 Å². The van der Waals surface area contributed by atoms with Crippen molar-refractivity contribution in [2.75, 3.05) is 13.7 Å². The van der Waals surface area contributed by atoms with Gasteiger partial charge in [-0.3, -0.25) is 0 Å². The van der Waals surface area contributed by atoms with Gasteiger partial charge in [-0.05, 0) is 39.9 Å². The highest BCUT2D eigenvalue weighted by atomic mass is 16.6. The number of alkyl carbamates (subject to hydrolysis) is 1. The van der Waals surface area contributed by atoms with Crippen LogP contribution in [0.3, 0.4) is 0 Å². The van der Waals surface area contributed by atoms with Gasteiger partial charge in [-0.15, -0.1) is 0 Å². The highest BCUT2D eigenvalue weighted by Crippen LogP contribution is 2.44. The summed E-state index contributed by atoms with van der Waals surface area (Å²) in [5.41, 5.74) is 5.29. The first-order valence-electron chi connectivity index (χ1n) is 10.0. The zero-order valence-corrected chi connectivity index (χ0v) is 17.1. The van der Waals surface area contributed by atoms with Gasteiger partial charge < -0.3 is 19.9 Å². The van der Waals surface area contributed by atoms with Gasteiger partial charge >= 0.3 is 12.1 Å². The predicted octanol–water partition coefficient (Wildman–Crippen LogP) is 4.02. The van der Waals surface area contributed by atoms with E-state index in [4.69, 9.17) is 9.47 Å². The highest BCUT2D eigenvalue weighted by molar-refractivity contribution is 5.82. The van der Waals surface area contributed by atoms with Crippen LogP contribution >= 0.6 is 0 Å². The Kier molecular flexibility index (Phi) is 5.89. The number of fused-ring (bicyclic) bond motifs is 3. The molecule has 0 radical (unpaired) electrons. The summed E-state index contributed by atoms with van der Waals surface area (Å²) < 4.78 is 10.3.